The summed E-state index contributed by atoms with van der Waals surface area (Å²) < 4.78 is 0. The highest BCUT2D eigenvalue weighted by Gasteiger charge is 2.01. The van der Waals surface area contributed by atoms with Crippen LogP contribution in [0.2, 0.25) is 0 Å². The number of rotatable bonds is 5. The van der Waals surface area contributed by atoms with E-state index >= 15 is 0 Å². The summed E-state index contributed by atoms with van der Waals surface area (Å²) in [5, 5.41) is 3.31. The zero-order valence-electron chi connectivity index (χ0n) is 11.6. The van der Waals surface area contributed by atoms with Crippen molar-refractivity contribution < 1.29 is 0 Å². The Kier molecular flexibility index (Phi) is 4.17. The average molecular weight is 276 g/mol. The number of hydrogen-bond donors (Lipinski definition) is 1. The number of nitrogens with one attached hydrogen (secondary N) is 1. The van der Waals surface area contributed by atoms with Crippen LogP contribution in [0.5, 0.6) is 0 Å². The third-order valence-electron chi connectivity index (χ3n) is 3.15. The van der Waals surface area contributed by atoms with E-state index in [2.05, 4.69) is 20.3 Å². The lowest BCUT2D eigenvalue weighted by Crippen LogP contribution is -2.07. The molecule has 1 aromatic carbocycles. The normalized spacial score (nSPS) is 10.3. The Labute approximate surface area is 123 Å². The Balaban J connectivity index is 1.64. The molecule has 0 radical (unpaired) electrons. The van der Waals surface area contributed by atoms with Crippen molar-refractivity contribution in [3.05, 3.63) is 72.8 Å². The van der Waals surface area contributed by atoms with Crippen molar-refractivity contribution >= 4 is 5.82 Å². The van der Waals surface area contributed by atoms with Crippen molar-refractivity contribution in [2.45, 2.75) is 6.42 Å². The van der Waals surface area contributed by atoms with Gasteiger partial charge in [0, 0.05) is 36.5 Å². The summed E-state index contributed by atoms with van der Waals surface area (Å²) in [4.78, 5) is 12.9. The predicted molar refractivity (Wildman–Crippen MR) is 83.9 cm³/mol. The summed E-state index contributed by atoms with van der Waals surface area (Å²) in [6, 6.07) is 18.0. The Morgan fingerprint density at radius 2 is 1.71 bits per heavy atom. The molecule has 2 aromatic heterocycles. The molecule has 0 fully saturated rings. The van der Waals surface area contributed by atoms with Crippen LogP contribution in [0.4, 0.5) is 5.82 Å². The van der Waals surface area contributed by atoms with E-state index in [1.807, 2.05) is 60.8 Å². The van der Waals surface area contributed by atoms with Gasteiger partial charge >= 0.3 is 0 Å². The highest BCUT2D eigenvalue weighted by atomic mass is 15.0. The number of hydrogen-bond acceptors (Lipinski definition) is 4. The molecule has 4 heteroatoms. The maximum absolute atomic E-state index is 4.31. The first-order valence-electron chi connectivity index (χ1n) is 6.93. The molecule has 4 nitrogen and oxygen atoms in total. The molecule has 0 spiro atoms. The van der Waals surface area contributed by atoms with Crippen molar-refractivity contribution in [2.75, 3.05) is 11.9 Å². The summed E-state index contributed by atoms with van der Waals surface area (Å²) in [5.41, 5.74) is 3.08. The lowest BCUT2D eigenvalue weighted by Gasteiger charge is -2.07. The SMILES string of the molecule is c1ccc(-c2cc(NCCc3ccccn3)ncn2)cc1. The van der Waals surface area contributed by atoms with Crippen molar-refractivity contribution in [2.24, 2.45) is 0 Å². The smallest absolute Gasteiger partial charge is 0.129 e. The fraction of sp³-hybridized carbons (Fsp3) is 0.118. The Morgan fingerprint density at radius 1 is 0.857 bits per heavy atom. The van der Waals surface area contributed by atoms with Crippen LogP contribution in [0.3, 0.4) is 0 Å². The van der Waals surface area contributed by atoms with Gasteiger partial charge in [-0.3, -0.25) is 4.98 Å². The van der Waals surface area contributed by atoms with Gasteiger partial charge in [-0.05, 0) is 12.1 Å². The van der Waals surface area contributed by atoms with Crippen molar-refractivity contribution in [3.8, 4) is 11.3 Å². The molecule has 0 atom stereocenters. The molecule has 0 aliphatic rings. The van der Waals surface area contributed by atoms with Crippen molar-refractivity contribution in [3.63, 3.8) is 0 Å². The second kappa shape index (κ2) is 6.61. The van der Waals surface area contributed by atoms with Gasteiger partial charge in [-0.15, -0.1) is 0 Å². The minimum atomic E-state index is 0.794. The number of nitrogens with zero attached hydrogens (tertiary/aromatic N) is 3. The van der Waals surface area contributed by atoms with E-state index in [0.717, 1.165) is 35.7 Å². The van der Waals surface area contributed by atoms with Gasteiger partial charge in [-0.25, -0.2) is 9.97 Å². The number of pyridine rings is 1. The molecule has 0 aliphatic heterocycles. The van der Waals surface area contributed by atoms with Gasteiger partial charge in [0.05, 0.1) is 5.69 Å². The molecule has 0 amide bonds. The van der Waals surface area contributed by atoms with Crippen LogP contribution in [-0.2, 0) is 6.42 Å². The van der Waals surface area contributed by atoms with Gasteiger partial charge in [0.15, 0.2) is 0 Å². The van der Waals surface area contributed by atoms with E-state index in [1.54, 1.807) is 6.33 Å². The first-order valence-corrected chi connectivity index (χ1v) is 6.93. The lowest BCUT2D eigenvalue weighted by atomic mass is 10.1. The van der Waals surface area contributed by atoms with Gasteiger partial charge in [0.25, 0.3) is 0 Å². The van der Waals surface area contributed by atoms with E-state index < -0.39 is 0 Å². The Bertz CT molecular complexity index is 683. The average Bonchev–Trinajstić information content (AvgIpc) is 2.57. The van der Waals surface area contributed by atoms with Crippen LogP contribution in [-0.4, -0.2) is 21.5 Å². The molecule has 3 rings (SSSR count). The second-order valence-corrected chi connectivity index (χ2v) is 4.65. The van der Waals surface area contributed by atoms with Crippen molar-refractivity contribution in [1.82, 2.24) is 15.0 Å². The van der Waals surface area contributed by atoms with E-state index in [-0.39, 0.29) is 0 Å². The highest BCUT2D eigenvalue weighted by molar-refractivity contribution is 5.61. The fourth-order valence-electron chi connectivity index (χ4n) is 2.09. The van der Waals surface area contributed by atoms with Crippen LogP contribution in [0.15, 0.2) is 67.1 Å². The maximum Gasteiger partial charge on any atom is 0.129 e. The van der Waals surface area contributed by atoms with Gasteiger partial charge < -0.3 is 5.32 Å². The molecule has 0 bridgehead atoms. The van der Waals surface area contributed by atoms with Crippen LogP contribution in [0.25, 0.3) is 11.3 Å². The fourth-order valence-corrected chi connectivity index (χ4v) is 2.09. The van der Waals surface area contributed by atoms with E-state index in [9.17, 15) is 0 Å². The monoisotopic (exact) mass is 276 g/mol. The second-order valence-electron chi connectivity index (χ2n) is 4.65. The molecule has 104 valence electrons. The topological polar surface area (TPSA) is 50.7 Å². The van der Waals surface area contributed by atoms with Gasteiger partial charge in [0.2, 0.25) is 0 Å². The predicted octanol–water partition coefficient (Wildman–Crippen LogP) is 3.19. The molecule has 21 heavy (non-hydrogen) atoms. The quantitative estimate of drug-likeness (QED) is 0.777. The zero-order valence-corrected chi connectivity index (χ0v) is 11.6. The molecular formula is C17H16N4. The molecule has 0 saturated heterocycles. The Morgan fingerprint density at radius 3 is 2.52 bits per heavy atom. The zero-order chi connectivity index (χ0) is 14.3. The van der Waals surface area contributed by atoms with E-state index in [0.29, 0.717) is 0 Å². The number of aromatic nitrogens is 3. The third-order valence-corrected chi connectivity index (χ3v) is 3.15. The van der Waals surface area contributed by atoms with Crippen LogP contribution in [0.1, 0.15) is 5.69 Å². The first kappa shape index (κ1) is 13.2. The minimum Gasteiger partial charge on any atom is -0.370 e. The maximum atomic E-state index is 4.31. The van der Waals surface area contributed by atoms with E-state index in [4.69, 9.17) is 0 Å². The summed E-state index contributed by atoms with van der Waals surface area (Å²) >= 11 is 0. The highest BCUT2D eigenvalue weighted by Crippen LogP contribution is 2.17. The lowest BCUT2D eigenvalue weighted by molar-refractivity contribution is 0.951. The van der Waals surface area contributed by atoms with Gasteiger partial charge in [-0.2, -0.15) is 0 Å². The molecule has 3 aromatic rings. The number of anilines is 1. The summed E-state index contributed by atoms with van der Waals surface area (Å²) in [5.74, 6) is 0.833. The summed E-state index contributed by atoms with van der Waals surface area (Å²) in [7, 11) is 0. The van der Waals surface area contributed by atoms with Crippen LogP contribution in [0, 0.1) is 0 Å². The van der Waals surface area contributed by atoms with Crippen molar-refractivity contribution in [1.29, 1.82) is 0 Å². The van der Waals surface area contributed by atoms with E-state index in [1.165, 1.54) is 0 Å². The molecular weight excluding hydrogens is 260 g/mol. The minimum absolute atomic E-state index is 0.794. The molecule has 0 saturated carbocycles. The van der Waals surface area contributed by atoms with Gasteiger partial charge in [-0.1, -0.05) is 36.4 Å². The Hall–Kier alpha value is -2.75. The first-order chi connectivity index (χ1) is 10.4. The number of benzene rings is 1. The third kappa shape index (κ3) is 3.63. The van der Waals surface area contributed by atoms with Gasteiger partial charge in [0.1, 0.15) is 12.1 Å². The molecule has 1 N–H and O–H groups in total. The molecule has 0 aliphatic carbocycles. The standard InChI is InChI=1S/C17H16N4/c1-2-6-14(7-3-1)16-12-17(21-13-20-16)19-11-9-15-8-4-5-10-18-15/h1-8,10,12-13H,9,11H2,(H,19,20,21). The summed E-state index contributed by atoms with van der Waals surface area (Å²) in [6.45, 7) is 0.794. The summed E-state index contributed by atoms with van der Waals surface area (Å²) in [6.07, 6.45) is 4.27. The molecule has 0 unspecified atom stereocenters. The van der Waals surface area contributed by atoms with Crippen LogP contribution < -0.4 is 5.32 Å². The van der Waals surface area contributed by atoms with Crippen LogP contribution >= 0.6 is 0 Å². The molecule has 2 heterocycles. The largest absolute Gasteiger partial charge is 0.370 e.